The van der Waals surface area contributed by atoms with Crippen LogP contribution in [0.3, 0.4) is 0 Å². The molecule has 0 saturated heterocycles. The smallest absolute Gasteiger partial charge is 0.350 e. The molecule has 3 aromatic rings. The normalized spacial score (nSPS) is 14.6. The van der Waals surface area contributed by atoms with E-state index >= 15 is 0 Å². The molecule has 0 bridgehead atoms. The van der Waals surface area contributed by atoms with Crippen LogP contribution in [-0.4, -0.2) is 30.1 Å². The van der Waals surface area contributed by atoms with Crippen molar-refractivity contribution in [2.24, 2.45) is 0 Å². The first kappa shape index (κ1) is 14.2. The Morgan fingerprint density at radius 2 is 1.78 bits per heavy atom. The molecule has 0 aliphatic carbocycles. The second kappa shape index (κ2) is 5.06. The van der Waals surface area contributed by atoms with Gasteiger partial charge in [0.15, 0.2) is 6.54 Å². The van der Waals surface area contributed by atoms with Crippen LogP contribution in [-0.2, 0) is 16.4 Å². The van der Waals surface area contributed by atoms with E-state index in [1.54, 1.807) is 18.3 Å². The molecule has 0 unspecified atom stereocenters. The van der Waals surface area contributed by atoms with E-state index in [-0.39, 0.29) is 0 Å². The minimum Gasteiger partial charge on any atom is -0.350 e. The summed E-state index contributed by atoms with van der Waals surface area (Å²) in [5.41, 5.74) is 4.16. The number of benzene rings is 2. The average Bonchev–Trinajstić information content (AvgIpc) is 2.93. The molecule has 4 nitrogen and oxygen atoms in total. The predicted octanol–water partition coefficient (Wildman–Crippen LogP) is 2.85. The highest BCUT2D eigenvalue weighted by Crippen LogP contribution is 2.25. The summed E-state index contributed by atoms with van der Waals surface area (Å²) in [7, 11) is -3.50. The van der Waals surface area contributed by atoms with Crippen molar-refractivity contribution in [3.05, 3.63) is 65.4 Å². The Kier molecular flexibility index (Phi) is 3.13. The third kappa shape index (κ3) is 2.28. The molecule has 23 heavy (non-hydrogen) atoms. The summed E-state index contributed by atoms with van der Waals surface area (Å²) in [6.45, 7) is 2.41. The van der Waals surface area contributed by atoms with Crippen molar-refractivity contribution >= 4 is 27.1 Å². The Balaban J connectivity index is 1.82. The Morgan fingerprint density at radius 1 is 1.04 bits per heavy atom. The molecular weight excluding hydrogens is 308 g/mol. The molecule has 0 amide bonds. The number of nitrogens with one attached hydrogen (secondary N) is 1. The van der Waals surface area contributed by atoms with Gasteiger partial charge in [-0.2, -0.15) is 8.42 Å². The molecule has 0 spiro atoms. The lowest BCUT2D eigenvalue weighted by atomic mass is 10.1. The molecule has 0 atom stereocenters. The number of aryl methyl sites for hydroxylation is 1. The van der Waals surface area contributed by atoms with Gasteiger partial charge in [-0.1, -0.05) is 35.9 Å². The van der Waals surface area contributed by atoms with Gasteiger partial charge in [-0.15, -0.1) is 3.98 Å². The van der Waals surface area contributed by atoms with Gasteiger partial charge in [0, 0.05) is 17.3 Å². The molecule has 0 saturated carbocycles. The summed E-state index contributed by atoms with van der Waals surface area (Å²) in [4.78, 5) is 3.65. The van der Waals surface area contributed by atoms with E-state index in [4.69, 9.17) is 0 Å². The van der Waals surface area contributed by atoms with E-state index in [2.05, 4.69) is 11.1 Å². The number of para-hydroxylation sites is 1. The molecule has 1 aliphatic rings. The van der Waals surface area contributed by atoms with Gasteiger partial charge >= 0.3 is 10.0 Å². The van der Waals surface area contributed by atoms with Crippen molar-refractivity contribution in [3.8, 4) is 0 Å². The maximum absolute atomic E-state index is 12.8. The second-order valence-corrected chi connectivity index (χ2v) is 7.76. The van der Waals surface area contributed by atoms with Crippen LogP contribution in [0, 0.1) is 6.92 Å². The van der Waals surface area contributed by atoms with Gasteiger partial charge in [0.05, 0.1) is 0 Å². The molecule has 2 aromatic carbocycles. The van der Waals surface area contributed by atoms with E-state index in [1.807, 2.05) is 37.3 Å². The van der Waals surface area contributed by atoms with Crippen molar-refractivity contribution < 1.29 is 12.4 Å². The minimum atomic E-state index is -3.50. The van der Waals surface area contributed by atoms with E-state index in [0.717, 1.165) is 16.8 Å². The summed E-state index contributed by atoms with van der Waals surface area (Å²) in [5.74, 6) is 0. The number of hydrogen-bond donors (Lipinski definition) is 1. The number of rotatable bonds is 2. The van der Waals surface area contributed by atoms with Crippen LogP contribution in [0.1, 0.15) is 16.8 Å². The number of aromatic amines is 1. The highest BCUT2D eigenvalue weighted by atomic mass is 32.2. The van der Waals surface area contributed by atoms with Crippen LogP contribution < -0.4 is 0 Å². The van der Waals surface area contributed by atoms with Gasteiger partial charge in [0.2, 0.25) is 6.21 Å². The van der Waals surface area contributed by atoms with Gasteiger partial charge in [-0.25, -0.2) is 0 Å². The second-order valence-electron chi connectivity index (χ2n) is 5.87. The number of aromatic nitrogens is 1. The van der Waals surface area contributed by atoms with E-state index in [0.29, 0.717) is 17.9 Å². The summed E-state index contributed by atoms with van der Waals surface area (Å²) in [5, 5.41) is 1.17. The van der Waals surface area contributed by atoms with Crippen LogP contribution >= 0.6 is 0 Å². The van der Waals surface area contributed by atoms with Gasteiger partial charge < -0.3 is 4.98 Å². The van der Waals surface area contributed by atoms with Crippen molar-refractivity contribution in [1.29, 1.82) is 0 Å². The predicted molar refractivity (Wildman–Crippen MR) is 90.7 cm³/mol. The number of hydrogen-bond acceptors (Lipinski definition) is 2. The highest BCUT2D eigenvalue weighted by Gasteiger charge is 2.31. The molecule has 1 aliphatic heterocycles. The van der Waals surface area contributed by atoms with Crippen molar-refractivity contribution in [1.82, 2.24) is 4.98 Å². The van der Waals surface area contributed by atoms with Crippen LogP contribution in [0.25, 0.3) is 10.9 Å². The fraction of sp³-hybridized carbons (Fsp3) is 0.167. The first-order valence-corrected chi connectivity index (χ1v) is 9.03. The number of sulfonamides is 1. The standard InChI is InChI=1S/C18H16N2O2S/c1-13-6-8-14(9-7-13)23(21,22)20-11-10-16-15-4-2-3-5-17(15)19-18(16)12-20/h2-9,12H,10-11H2,1H3/p+1. The van der Waals surface area contributed by atoms with Crippen LogP contribution in [0.5, 0.6) is 0 Å². The molecule has 0 fully saturated rings. The van der Waals surface area contributed by atoms with Crippen LogP contribution in [0.4, 0.5) is 0 Å². The number of fused-ring (bicyclic) bond motifs is 3. The van der Waals surface area contributed by atoms with Crippen LogP contribution in [0.2, 0.25) is 0 Å². The average molecular weight is 325 g/mol. The molecule has 116 valence electrons. The van der Waals surface area contributed by atoms with E-state index in [1.165, 1.54) is 14.9 Å². The zero-order chi connectivity index (χ0) is 16.0. The lowest BCUT2D eigenvalue weighted by Gasteiger charge is -2.09. The lowest BCUT2D eigenvalue weighted by molar-refractivity contribution is -0.361. The molecule has 0 radical (unpaired) electrons. The maximum Gasteiger partial charge on any atom is 0.394 e. The van der Waals surface area contributed by atoms with Crippen molar-refractivity contribution in [2.45, 2.75) is 18.2 Å². The Hall–Kier alpha value is -2.40. The van der Waals surface area contributed by atoms with Gasteiger partial charge in [-0.3, -0.25) is 0 Å². The first-order chi connectivity index (χ1) is 11.1. The molecular formula is C18H17N2O2S+. The van der Waals surface area contributed by atoms with Gasteiger partial charge in [-0.05, 0) is 30.7 Å². The van der Waals surface area contributed by atoms with Crippen molar-refractivity contribution in [3.63, 3.8) is 0 Å². The van der Waals surface area contributed by atoms with E-state index < -0.39 is 10.0 Å². The maximum atomic E-state index is 12.8. The van der Waals surface area contributed by atoms with Crippen molar-refractivity contribution in [2.75, 3.05) is 6.54 Å². The molecule has 5 heteroatoms. The quantitative estimate of drug-likeness (QED) is 0.737. The number of nitrogens with zero attached hydrogens (tertiary/aromatic N) is 1. The number of H-pyrrole nitrogens is 1. The fourth-order valence-electron chi connectivity index (χ4n) is 3.07. The van der Waals surface area contributed by atoms with Crippen LogP contribution in [0.15, 0.2) is 53.4 Å². The first-order valence-electron chi connectivity index (χ1n) is 7.59. The Bertz CT molecular complexity index is 1030. The topological polar surface area (TPSA) is 52.9 Å². The zero-order valence-electron chi connectivity index (χ0n) is 12.8. The lowest BCUT2D eigenvalue weighted by Crippen LogP contribution is -2.28. The molecule has 1 aromatic heterocycles. The SMILES string of the molecule is Cc1ccc(S(=O)(=O)[N+]2=Cc3[nH]c4ccccc4c3CC2)cc1. The third-order valence-electron chi connectivity index (χ3n) is 4.33. The summed E-state index contributed by atoms with van der Waals surface area (Å²) in [6, 6.07) is 15.1. The van der Waals surface area contributed by atoms with Gasteiger partial charge in [0.1, 0.15) is 10.6 Å². The van der Waals surface area contributed by atoms with E-state index in [9.17, 15) is 8.42 Å². The van der Waals surface area contributed by atoms with Gasteiger partial charge in [0.25, 0.3) is 0 Å². The minimum absolute atomic E-state index is 0.332. The summed E-state index contributed by atoms with van der Waals surface area (Å²) < 4.78 is 27.0. The Labute approximate surface area is 135 Å². The summed E-state index contributed by atoms with van der Waals surface area (Å²) in [6.07, 6.45) is 2.43. The highest BCUT2D eigenvalue weighted by molar-refractivity contribution is 7.85. The Morgan fingerprint density at radius 3 is 2.57 bits per heavy atom. The largest absolute Gasteiger partial charge is 0.394 e. The fourth-order valence-corrected chi connectivity index (χ4v) is 4.39. The molecule has 4 rings (SSSR count). The zero-order valence-corrected chi connectivity index (χ0v) is 13.6. The third-order valence-corrected chi connectivity index (χ3v) is 6.10. The summed E-state index contributed by atoms with van der Waals surface area (Å²) >= 11 is 0. The molecule has 1 N–H and O–H groups in total. The molecule has 2 heterocycles. The monoisotopic (exact) mass is 325 g/mol.